The minimum atomic E-state index is -0.0467. The molecule has 1 atom stereocenters. The van der Waals surface area contributed by atoms with Gasteiger partial charge in [-0.25, -0.2) is 14.5 Å². The monoisotopic (exact) mass is 493 g/mol. The second-order valence-corrected chi connectivity index (χ2v) is 11.2. The number of hydrogen-bond acceptors (Lipinski definition) is 7. The number of likely N-dealkylation sites (tertiary alicyclic amines) is 1. The summed E-state index contributed by atoms with van der Waals surface area (Å²) in [7, 11) is 0. The smallest absolute Gasteiger partial charge is 0.272 e. The molecular formula is C25H31N7O2S. The molecule has 3 aromatic heterocycles. The highest BCUT2D eigenvalue weighted by Gasteiger charge is 2.50. The van der Waals surface area contributed by atoms with Gasteiger partial charge in [-0.1, -0.05) is 0 Å². The number of piperidine rings is 1. The summed E-state index contributed by atoms with van der Waals surface area (Å²) < 4.78 is 1.82. The summed E-state index contributed by atoms with van der Waals surface area (Å²) in [6.07, 6.45) is 10.8. The van der Waals surface area contributed by atoms with Gasteiger partial charge in [0.1, 0.15) is 16.3 Å². The van der Waals surface area contributed by atoms with Crippen LogP contribution < -0.4 is 10.6 Å². The molecule has 1 aliphatic heterocycles. The highest BCUT2D eigenvalue weighted by atomic mass is 32.1. The van der Waals surface area contributed by atoms with E-state index in [1.807, 2.05) is 27.9 Å². The second-order valence-electron chi connectivity index (χ2n) is 10.3. The van der Waals surface area contributed by atoms with Crippen molar-refractivity contribution in [1.29, 1.82) is 0 Å². The number of aromatic nitrogens is 4. The Morgan fingerprint density at radius 3 is 2.69 bits per heavy atom. The van der Waals surface area contributed by atoms with Crippen LogP contribution in [0.2, 0.25) is 0 Å². The predicted molar refractivity (Wildman–Crippen MR) is 134 cm³/mol. The number of carbonyl (C=O) groups excluding carboxylic acids is 2. The van der Waals surface area contributed by atoms with Crippen LogP contribution >= 0.6 is 11.3 Å². The topological polar surface area (TPSA) is 105 Å². The molecule has 0 aromatic carbocycles. The lowest BCUT2D eigenvalue weighted by Gasteiger charge is -2.36. The molecular weight excluding hydrogens is 462 g/mol. The van der Waals surface area contributed by atoms with E-state index in [4.69, 9.17) is 9.97 Å². The molecule has 1 saturated heterocycles. The molecule has 0 unspecified atom stereocenters. The Kier molecular flexibility index (Phi) is 5.51. The maximum absolute atomic E-state index is 13.8. The lowest BCUT2D eigenvalue weighted by atomic mass is 9.87. The molecule has 4 heterocycles. The zero-order valence-corrected chi connectivity index (χ0v) is 21.0. The second kappa shape index (κ2) is 8.58. The van der Waals surface area contributed by atoms with Gasteiger partial charge in [0.2, 0.25) is 6.41 Å². The van der Waals surface area contributed by atoms with Gasteiger partial charge >= 0.3 is 0 Å². The van der Waals surface area contributed by atoms with E-state index in [-0.39, 0.29) is 11.4 Å². The number of fused-ring (bicyclic) bond motifs is 1. The molecule has 2 N–H and O–H groups in total. The predicted octanol–water partition coefficient (Wildman–Crippen LogP) is 3.50. The van der Waals surface area contributed by atoms with Crippen LogP contribution in [0.1, 0.15) is 61.5 Å². The molecule has 0 bridgehead atoms. The standard InChI is InChI=1S/C25H31N7O2S/c1-15-20(23(34)31-9-5-18(6-10-31)25(7-8-25)26-14-33)29-22(19-13-27-32-11-12-35-24(19)32)30-21(15)28-16(2)17-3-4-17/h11-14,16-18H,3-10H2,1-2H3,(H,26,33)(H,28,29,30)/t16-/m0/s1. The number of hydrogen-bond donors (Lipinski definition) is 2. The van der Waals surface area contributed by atoms with Gasteiger partial charge in [0.25, 0.3) is 5.91 Å². The molecule has 2 amide bonds. The largest absolute Gasteiger partial charge is 0.367 e. The molecule has 0 spiro atoms. The number of nitrogens with zero attached hydrogens (tertiary/aromatic N) is 5. The SMILES string of the molecule is Cc1c(N[C@@H](C)C2CC2)nc(-c2cnn3ccsc23)nc1C(=O)N1CCC(C2(NC=O)CC2)CC1. The van der Waals surface area contributed by atoms with Crippen molar-refractivity contribution < 1.29 is 9.59 Å². The fraction of sp³-hybridized carbons (Fsp3) is 0.560. The van der Waals surface area contributed by atoms with Gasteiger partial charge in [0, 0.05) is 41.8 Å². The van der Waals surface area contributed by atoms with Crippen LogP contribution in [0.25, 0.3) is 16.2 Å². The summed E-state index contributed by atoms with van der Waals surface area (Å²) in [4.78, 5) is 37.4. The first-order valence-electron chi connectivity index (χ1n) is 12.6. The first kappa shape index (κ1) is 22.5. The average Bonchev–Trinajstić information content (AvgIpc) is 3.77. The quantitative estimate of drug-likeness (QED) is 0.466. The van der Waals surface area contributed by atoms with E-state index < -0.39 is 0 Å². The molecule has 0 radical (unpaired) electrons. The minimum absolute atomic E-state index is 0.0422. The van der Waals surface area contributed by atoms with Crippen molar-refractivity contribution in [1.82, 2.24) is 29.8 Å². The van der Waals surface area contributed by atoms with Crippen LogP contribution in [0.3, 0.4) is 0 Å². The zero-order chi connectivity index (χ0) is 24.2. The van der Waals surface area contributed by atoms with Crippen molar-refractivity contribution in [3.05, 3.63) is 29.0 Å². The van der Waals surface area contributed by atoms with Gasteiger partial charge < -0.3 is 15.5 Å². The number of carbonyl (C=O) groups is 2. The van der Waals surface area contributed by atoms with Crippen molar-refractivity contribution in [2.24, 2.45) is 11.8 Å². The van der Waals surface area contributed by atoms with E-state index in [9.17, 15) is 9.59 Å². The molecule has 10 heteroatoms. The number of thiazole rings is 1. The van der Waals surface area contributed by atoms with E-state index in [0.717, 1.165) is 53.9 Å². The fourth-order valence-electron chi connectivity index (χ4n) is 5.50. The van der Waals surface area contributed by atoms with E-state index >= 15 is 0 Å². The average molecular weight is 494 g/mol. The van der Waals surface area contributed by atoms with Crippen molar-refractivity contribution in [2.45, 2.75) is 64.0 Å². The Morgan fingerprint density at radius 1 is 1.23 bits per heavy atom. The van der Waals surface area contributed by atoms with Crippen molar-refractivity contribution in [3.8, 4) is 11.4 Å². The van der Waals surface area contributed by atoms with Gasteiger partial charge in [0.05, 0.1) is 11.8 Å². The van der Waals surface area contributed by atoms with Crippen molar-refractivity contribution in [2.75, 3.05) is 18.4 Å². The van der Waals surface area contributed by atoms with E-state index in [0.29, 0.717) is 42.5 Å². The lowest BCUT2D eigenvalue weighted by molar-refractivity contribution is -0.110. The molecule has 184 valence electrons. The molecule has 2 aliphatic carbocycles. The summed E-state index contributed by atoms with van der Waals surface area (Å²) in [5.41, 5.74) is 2.05. The van der Waals surface area contributed by atoms with Crippen LogP contribution in [-0.2, 0) is 4.79 Å². The van der Waals surface area contributed by atoms with E-state index in [1.165, 1.54) is 12.8 Å². The Balaban J connectivity index is 1.30. The maximum Gasteiger partial charge on any atom is 0.272 e. The van der Waals surface area contributed by atoms with Gasteiger partial charge in [-0.3, -0.25) is 9.59 Å². The summed E-state index contributed by atoms with van der Waals surface area (Å²) in [6.45, 7) is 5.48. The highest BCUT2D eigenvalue weighted by Crippen LogP contribution is 2.46. The Hall–Kier alpha value is -3.01. The number of rotatable bonds is 8. The number of anilines is 1. The van der Waals surface area contributed by atoms with Crippen molar-refractivity contribution >= 4 is 34.3 Å². The van der Waals surface area contributed by atoms with Crippen LogP contribution in [0.15, 0.2) is 17.8 Å². The van der Waals surface area contributed by atoms with Crippen molar-refractivity contribution in [3.63, 3.8) is 0 Å². The third-order valence-corrected chi connectivity index (χ3v) is 9.00. The summed E-state index contributed by atoms with van der Waals surface area (Å²) in [5.74, 6) is 2.30. The van der Waals surface area contributed by atoms with Crippen LogP contribution in [0.4, 0.5) is 5.82 Å². The number of amides is 2. The molecule has 3 aliphatic rings. The van der Waals surface area contributed by atoms with E-state index in [2.05, 4.69) is 22.7 Å². The first-order valence-corrected chi connectivity index (χ1v) is 13.4. The highest BCUT2D eigenvalue weighted by molar-refractivity contribution is 7.16. The number of nitrogens with one attached hydrogen (secondary N) is 2. The third-order valence-electron chi connectivity index (χ3n) is 8.11. The van der Waals surface area contributed by atoms with Gasteiger partial charge in [0.15, 0.2) is 5.82 Å². The summed E-state index contributed by atoms with van der Waals surface area (Å²) >= 11 is 1.58. The first-order chi connectivity index (χ1) is 17.0. The zero-order valence-electron chi connectivity index (χ0n) is 20.2. The van der Waals surface area contributed by atoms with Crippen LogP contribution in [-0.4, -0.2) is 61.5 Å². The normalized spacial score (nSPS) is 20.6. The molecule has 9 nitrogen and oxygen atoms in total. The molecule has 3 fully saturated rings. The van der Waals surface area contributed by atoms with E-state index in [1.54, 1.807) is 17.5 Å². The molecule has 3 aromatic rings. The summed E-state index contributed by atoms with van der Waals surface area (Å²) in [6, 6.07) is 0.295. The molecule has 6 rings (SSSR count). The molecule has 2 saturated carbocycles. The minimum Gasteiger partial charge on any atom is -0.367 e. The Bertz CT molecular complexity index is 1270. The Morgan fingerprint density at radius 2 is 2.00 bits per heavy atom. The van der Waals surface area contributed by atoms with Gasteiger partial charge in [-0.15, -0.1) is 11.3 Å². The fourth-order valence-corrected chi connectivity index (χ4v) is 6.30. The van der Waals surface area contributed by atoms with Gasteiger partial charge in [-0.2, -0.15) is 5.10 Å². The maximum atomic E-state index is 13.8. The molecule has 35 heavy (non-hydrogen) atoms. The Labute approximate surface area is 208 Å². The third kappa shape index (κ3) is 4.07. The van der Waals surface area contributed by atoms with Gasteiger partial charge in [-0.05, 0) is 64.2 Å². The lowest BCUT2D eigenvalue weighted by Crippen LogP contribution is -2.46. The van der Waals surface area contributed by atoms with Crippen LogP contribution in [0.5, 0.6) is 0 Å². The van der Waals surface area contributed by atoms with Crippen LogP contribution in [0, 0.1) is 18.8 Å². The summed E-state index contributed by atoms with van der Waals surface area (Å²) in [5, 5.41) is 13.0.